The van der Waals surface area contributed by atoms with Gasteiger partial charge in [0.15, 0.2) is 0 Å². The molecule has 1 atom stereocenters. The van der Waals surface area contributed by atoms with Gasteiger partial charge in [0.25, 0.3) is 5.91 Å². The summed E-state index contributed by atoms with van der Waals surface area (Å²) in [5.41, 5.74) is 1.87. The number of aryl methyl sites for hydroxylation is 1. The van der Waals surface area contributed by atoms with Crippen LogP contribution in [0.1, 0.15) is 42.1 Å². The van der Waals surface area contributed by atoms with E-state index in [1.165, 1.54) is 0 Å². The lowest BCUT2D eigenvalue weighted by Crippen LogP contribution is -2.45. The van der Waals surface area contributed by atoms with E-state index in [0.717, 1.165) is 17.8 Å². The Hall–Kier alpha value is -2.68. The molecule has 9 heteroatoms. The van der Waals surface area contributed by atoms with Crippen LogP contribution in [0.25, 0.3) is 0 Å². The van der Waals surface area contributed by atoms with Crippen molar-refractivity contribution in [1.82, 2.24) is 29.8 Å². The van der Waals surface area contributed by atoms with Crippen LogP contribution in [0, 0.1) is 5.92 Å². The minimum atomic E-state index is -0.431. The van der Waals surface area contributed by atoms with Gasteiger partial charge in [0.05, 0.1) is 31.9 Å². The lowest BCUT2D eigenvalue weighted by molar-refractivity contribution is -0.124. The fraction of sp³-hybridized carbons (Fsp3) is 0.579. The Balaban J connectivity index is 1.43. The minimum Gasteiger partial charge on any atom is -0.365 e. The van der Waals surface area contributed by atoms with E-state index in [4.69, 9.17) is 4.74 Å². The Morgan fingerprint density at radius 1 is 1.36 bits per heavy atom. The molecule has 1 unspecified atom stereocenters. The highest BCUT2D eigenvalue weighted by Gasteiger charge is 2.45. The first-order valence-electron chi connectivity index (χ1n) is 9.62. The van der Waals surface area contributed by atoms with Gasteiger partial charge in [-0.25, -0.2) is 4.68 Å². The van der Waals surface area contributed by atoms with Gasteiger partial charge in [-0.2, -0.15) is 0 Å². The van der Waals surface area contributed by atoms with E-state index in [9.17, 15) is 9.59 Å². The van der Waals surface area contributed by atoms with Gasteiger partial charge in [-0.1, -0.05) is 19.1 Å². The van der Waals surface area contributed by atoms with Crippen LogP contribution in [-0.2, 0) is 36.3 Å². The standard InChI is InChI=1S/C19H26N6O3/c1-13(2)17(26)20-9-14-16-10-28-19(12-25(16)22-21-14)6-8-24(11-19)18(27)15-5-4-7-23(15)3/h4-5,7,13H,6,8-12H2,1-3H3,(H,20,26). The van der Waals surface area contributed by atoms with Crippen LogP contribution < -0.4 is 5.32 Å². The van der Waals surface area contributed by atoms with E-state index in [1.54, 1.807) is 0 Å². The maximum Gasteiger partial charge on any atom is 0.270 e. The van der Waals surface area contributed by atoms with Crippen LogP contribution in [0.15, 0.2) is 18.3 Å². The largest absolute Gasteiger partial charge is 0.365 e. The highest BCUT2D eigenvalue weighted by molar-refractivity contribution is 5.93. The SMILES string of the molecule is CC(C)C(=O)NCc1nnn2c1COC1(CCN(C(=O)c3cccn3C)C1)C2. The molecular weight excluding hydrogens is 360 g/mol. The Morgan fingerprint density at radius 3 is 2.89 bits per heavy atom. The molecule has 1 fully saturated rings. The molecule has 9 nitrogen and oxygen atoms in total. The Labute approximate surface area is 163 Å². The number of nitrogens with one attached hydrogen (secondary N) is 1. The van der Waals surface area contributed by atoms with Gasteiger partial charge in [0.1, 0.15) is 17.0 Å². The molecule has 4 rings (SSSR count). The van der Waals surface area contributed by atoms with Gasteiger partial charge in [-0.3, -0.25) is 9.59 Å². The molecule has 1 N–H and O–H groups in total. The summed E-state index contributed by atoms with van der Waals surface area (Å²) in [5, 5.41) is 11.4. The zero-order valence-electron chi connectivity index (χ0n) is 16.5. The molecule has 150 valence electrons. The second-order valence-corrected chi connectivity index (χ2v) is 7.97. The molecule has 28 heavy (non-hydrogen) atoms. The summed E-state index contributed by atoms with van der Waals surface area (Å²) in [7, 11) is 1.87. The quantitative estimate of drug-likeness (QED) is 0.835. The Morgan fingerprint density at radius 2 is 2.18 bits per heavy atom. The topological polar surface area (TPSA) is 94.3 Å². The van der Waals surface area contributed by atoms with Crippen molar-refractivity contribution in [2.24, 2.45) is 13.0 Å². The molecule has 2 aromatic heterocycles. The molecule has 0 aromatic carbocycles. The van der Waals surface area contributed by atoms with Gasteiger partial charge in [-0.15, -0.1) is 5.10 Å². The number of nitrogens with zero attached hydrogens (tertiary/aromatic N) is 5. The lowest BCUT2D eigenvalue weighted by atomic mass is 10.0. The number of carbonyl (C=O) groups excluding carboxylic acids is 2. The molecule has 0 saturated carbocycles. The minimum absolute atomic E-state index is 0.0134. The van der Waals surface area contributed by atoms with Crippen LogP contribution >= 0.6 is 0 Å². The van der Waals surface area contributed by atoms with Gasteiger partial charge in [-0.05, 0) is 18.6 Å². The molecule has 4 heterocycles. The number of carbonyl (C=O) groups is 2. The van der Waals surface area contributed by atoms with Crippen molar-refractivity contribution < 1.29 is 14.3 Å². The van der Waals surface area contributed by atoms with Crippen LogP contribution in [0.4, 0.5) is 0 Å². The number of ether oxygens (including phenoxy) is 1. The molecule has 2 amide bonds. The van der Waals surface area contributed by atoms with Gasteiger partial charge < -0.3 is 19.5 Å². The van der Waals surface area contributed by atoms with E-state index in [1.807, 2.05) is 53.4 Å². The maximum atomic E-state index is 12.8. The number of hydrogen-bond acceptors (Lipinski definition) is 5. The predicted molar refractivity (Wildman–Crippen MR) is 100 cm³/mol. The third-order valence-electron chi connectivity index (χ3n) is 5.59. The number of amides is 2. The van der Waals surface area contributed by atoms with Crippen molar-refractivity contribution in [3.63, 3.8) is 0 Å². The summed E-state index contributed by atoms with van der Waals surface area (Å²) < 4.78 is 9.91. The van der Waals surface area contributed by atoms with E-state index >= 15 is 0 Å². The third kappa shape index (κ3) is 3.30. The fourth-order valence-corrected chi connectivity index (χ4v) is 3.82. The van der Waals surface area contributed by atoms with Gasteiger partial charge in [0.2, 0.25) is 5.91 Å². The first-order chi connectivity index (χ1) is 13.4. The zero-order chi connectivity index (χ0) is 19.9. The van der Waals surface area contributed by atoms with E-state index in [0.29, 0.717) is 38.5 Å². The monoisotopic (exact) mass is 386 g/mol. The number of likely N-dealkylation sites (tertiary alicyclic amines) is 1. The van der Waals surface area contributed by atoms with Crippen LogP contribution in [-0.4, -0.2) is 55.0 Å². The average molecular weight is 386 g/mol. The predicted octanol–water partition coefficient (Wildman–Crippen LogP) is 0.704. The molecule has 1 spiro atoms. The summed E-state index contributed by atoms with van der Waals surface area (Å²) in [5.74, 6) is -0.0628. The summed E-state index contributed by atoms with van der Waals surface area (Å²) in [6, 6.07) is 3.71. The third-order valence-corrected chi connectivity index (χ3v) is 5.59. The van der Waals surface area contributed by atoms with Gasteiger partial charge in [0, 0.05) is 25.7 Å². The van der Waals surface area contributed by atoms with Crippen molar-refractivity contribution in [2.75, 3.05) is 13.1 Å². The summed E-state index contributed by atoms with van der Waals surface area (Å²) in [4.78, 5) is 26.4. The molecule has 0 radical (unpaired) electrons. The maximum absolute atomic E-state index is 12.8. The number of fused-ring (bicyclic) bond motifs is 1. The van der Waals surface area contributed by atoms with Crippen molar-refractivity contribution in [1.29, 1.82) is 0 Å². The number of hydrogen-bond donors (Lipinski definition) is 1. The van der Waals surface area contributed by atoms with Crippen LogP contribution in [0.2, 0.25) is 0 Å². The first kappa shape index (κ1) is 18.7. The summed E-state index contributed by atoms with van der Waals surface area (Å²) >= 11 is 0. The first-order valence-corrected chi connectivity index (χ1v) is 9.62. The number of rotatable bonds is 4. The van der Waals surface area contributed by atoms with E-state index < -0.39 is 5.60 Å². The fourth-order valence-electron chi connectivity index (χ4n) is 3.82. The normalized spacial score (nSPS) is 21.4. The van der Waals surface area contributed by atoms with E-state index in [-0.39, 0.29) is 17.7 Å². The molecule has 0 aliphatic carbocycles. The van der Waals surface area contributed by atoms with Gasteiger partial charge >= 0.3 is 0 Å². The Bertz CT molecular complexity index is 901. The average Bonchev–Trinajstić information content (AvgIpc) is 3.38. The molecule has 2 aliphatic rings. The highest BCUT2D eigenvalue weighted by Crippen LogP contribution is 2.33. The van der Waals surface area contributed by atoms with E-state index in [2.05, 4.69) is 15.6 Å². The van der Waals surface area contributed by atoms with Crippen LogP contribution in [0.3, 0.4) is 0 Å². The Kier molecular flexibility index (Phi) is 4.70. The van der Waals surface area contributed by atoms with Crippen molar-refractivity contribution in [3.8, 4) is 0 Å². The second-order valence-electron chi connectivity index (χ2n) is 7.97. The van der Waals surface area contributed by atoms with Crippen LogP contribution in [0.5, 0.6) is 0 Å². The zero-order valence-corrected chi connectivity index (χ0v) is 16.5. The van der Waals surface area contributed by atoms with Crippen molar-refractivity contribution in [3.05, 3.63) is 35.4 Å². The van der Waals surface area contributed by atoms with Crippen molar-refractivity contribution in [2.45, 2.75) is 45.6 Å². The molecule has 0 bridgehead atoms. The second kappa shape index (κ2) is 7.05. The molecule has 1 saturated heterocycles. The lowest BCUT2D eigenvalue weighted by Gasteiger charge is -2.34. The molecular formula is C19H26N6O3. The summed E-state index contributed by atoms with van der Waals surface area (Å²) in [6.07, 6.45) is 2.64. The smallest absolute Gasteiger partial charge is 0.270 e. The van der Waals surface area contributed by atoms with Crippen molar-refractivity contribution >= 4 is 11.8 Å². The number of aromatic nitrogens is 4. The summed E-state index contributed by atoms with van der Waals surface area (Å²) in [6.45, 7) is 6.19. The molecule has 2 aliphatic heterocycles. The molecule has 2 aromatic rings. The highest BCUT2D eigenvalue weighted by atomic mass is 16.5.